The van der Waals surface area contributed by atoms with Crippen molar-refractivity contribution in [1.82, 2.24) is 5.32 Å². The third-order valence-corrected chi connectivity index (χ3v) is 3.16. The van der Waals surface area contributed by atoms with E-state index in [0.717, 1.165) is 0 Å². The van der Waals surface area contributed by atoms with Gasteiger partial charge in [0.1, 0.15) is 11.6 Å². The Morgan fingerprint density at radius 1 is 1.53 bits per heavy atom. The molecular weight excluding hydrogens is 225 g/mol. The van der Waals surface area contributed by atoms with Crippen LogP contribution in [0.5, 0.6) is 5.75 Å². The molecule has 0 radical (unpaired) electrons. The zero-order valence-electron chi connectivity index (χ0n) is 9.40. The van der Waals surface area contributed by atoms with Gasteiger partial charge in [0, 0.05) is 18.2 Å². The maximum Gasteiger partial charge on any atom is 0.307 e. The molecule has 0 spiro atoms. The lowest BCUT2D eigenvalue weighted by Gasteiger charge is -2.13. The van der Waals surface area contributed by atoms with Gasteiger partial charge in [-0.15, -0.1) is 0 Å². The van der Waals surface area contributed by atoms with Gasteiger partial charge in [-0.1, -0.05) is 0 Å². The van der Waals surface area contributed by atoms with Crippen molar-refractivity contribution in [2.75, 3.05) is 6.54 Å². The third-order valence-electron chi connectivity index (χ3n) is 3.16. The Bertz CT molecular complexity index is 461. The summed E-state index contributed by atoms with van der Waals surface area (Å²) in [6, 6.07) is 2.33. The van der Waals surface area contributed by atoms with Crippen LogP contribution in [0.25, 0.3) is 0 Å². The van der Waals surface area contributed by atoms with Crippen LogP contribution in [0.15, 0.2) is 12.1 Å². The molecule has 0 aromatic heterocycles. The van der Waals surface area contributed by atoms with E-state index in [0.29, 0.717) is 24.1 Å². The van der Waals surface area contributed by atoms with E-state index in [-0.39, 0.29) is 11.8 Å². The number of halogens is 1. The molecule has 1 fully saturated rings. The van der Waals surface area contributed by atoms with Gasteiger partial charge in [-0.05, 0) is 31.0 Å². The smallest absolute Gasteiger partial charge is 0.307 e. The first-order valence-corrected chi connectivity index (χ1v) is 5.44. The lowest BCUT2D eigenvalue weighted by Crippen LogP contribution is -2.17. The van der Waals surface area contributed by atoms with E-state index in [2.05, 4.69) is 5.32 Å². The Morgan fingerprint density at radius 2 is 2.24 bits per heavy atom. The summed E-state index contributed by atoms with van der Waals surface area (Å²) < 4.78 is 13.4. The van der Waals surface area contributed by atoms with Gasteiger partial charge >= 0.3 is 5.97 Å². The topological polar surface area (TPSA) is 69.6 Å². The Kier molecular flexibility index (Phi) is 3.02. The van der Waals surface area contributed by atoms with Crippen molar-refractivity contribution in [3.8, 4) is 5.75 Å². The molecule has 1 saturated heterocycles. The molecule has 4 nitrogen and oxygen atoms in total. The summed E-state index contributed by atoms with van der Waals surface area (Å²) in [5, 5.41) is 21.6. The van der Waals surface area contributed by atoms with Gasteiger partial charge in [-0.25, -0.2) is 4.39 Å². The predicted molar refractivity (Wildman–Crippen MR) is 59.3 cm³/mol. The summed E-state index contributed by atoms with van der Waals surface area (Å²) >= 11 is 0. The van der Waals surface area contributed by atoms with E-state index in [4.69, 9.17) is 5.11 Å². The van der Waals surface area contributed by atoms with Crippen LogP contribution in [0.4, 0.5) is 4.39 Å². The molecule has 1 heterocycles. The Hall–Kier alpha value is -1.62. The first-order chi connectivity index (χ1) is 7.99. The minimum absolute atomic E-state index is 0.00689. The highest BCUT2D eigenvalue weighted by Crippen LogP contribution is 2.34. The number of carboxylic acid groups (broad SMARTS) is 1. The molecule has 17 heavy (non-hydrogen) atoms. The SMILES string of the molecule is Cc1cc(O)c(C2CC(C(=O)O)CN2)cc1F. The minimum atomic E-state index is -0.868. The van der Waals surface area contributed by atoms with Crippen LogP contribution in [0.3, 0.4) is 0 Å². The van der Waals surface area contributed by atoms with Crippen LogP contribution in [-0.2, 0) is 4.79 Å². The van der Waals surface area contributed by atoms with E-state index in [1.807, 2.05) is 0 Å². The maximum absolute atomic E-state index is 13.4. The highest BCUT2D eigenvalue weighted by atomic mass is 19.1. The van der Waals surface area contributed by atoms with Crippen molar-refractivity contribution in [3.05, 3.63) is 29.1 Å². The maximum atomic E-state index is 13.4. The number of phenolic OH excluding ortho intramolecular Hbond substituents is 1. The number of carboxylic acids is 1. The van der Waals surface area contributed by atoms with Gasteiger partial charge < -0.3 is 15.5 Å². The van der Waals surface area contributed by atoms with Crippen molar-refractivity contribution in [3.63, 3.8) is 0 Å². The molecule has 3 N–H and O–H groups in total. The Morgan fingerprint density at radius 3 is 2.82 bits per heavy atom. The number of hydrogen-bond donors (Lipinski definition) is 3. The quantitative estimate of drug-likeness (QED) is 0.732. The minimum Gasteiger partial charge on any atom is -0.508 e. The molecule has 0 bridgehead atoms. The molecule has 92 valence electrons. The second kappa shape index (κ2) is 4.33. The second-order valence-electron chi connectivity index (χ2n) is 4.39. The Labute approximate surface area is 98.1 Å². The number of aromatic hydroxyl groups is 1. The normalized spacial score (nSPS) is 23.9. The molecule has 2 rings (SSSR count). The van der Waals surface area contributed by atoms with Crippen LogP contribution in [0.1, 0.15) is 23.6 Å². The molecule has 1 aliphatic rings. The molecule has 1 aromatic rings. The molecule has 1 aliphatic heterocycles. The van der Waals surface area contributed by atoms with Crippen LogP contribution in [0.2, 0.25) is 0 Å². The molecule has 0 amide bonds. The Balaban J connectivity index is 2.24. The van der Waals surface area contributed by atoms with Gasteiger partial charge in [0.15, 0.2) is 0 Å². The monoisotopic (exact) mass is 239 g/mol. The fraction of sp³-hybridized carbons (Fsp3) is 0.417. The van der Waals surface area contributed by atoms with E-state index in [9.17, 15) is 14.3 Å². The van der Waals surface area contributed by atoms with Crippen molar-refractivity contribution >= 4 is 5.97 Å². The number of phenols is 1. The molecule has 2 unspecified atom stereocenters. The number of hydrogen-bond acceptors (Lipinski definition) is 3. The third kappa shape index (κ3) is 2.24. The average molecular weight is 239 g/mol. The van der Waals surface area contributed by atoms with E-state index < -0.39 is 17.7 Å². The van der Waals surface area contributed by atoms with E-state index in [1.54, 1.807) is 6.92 Å². The number of benzene rings is 1. The number of carbonyl (C=O) groups is 1. The molecule has 0 saturated carbocycles. The highest BCUT2D eigenvalue weighted by molar-refractivity contribution is 5.71. The summed E-state index contributed by atoms with van der Waals surface area (Å²) in [6.45, 7) is 1.91. The number of aliphatic carboxylic acids is 1. The molecule has 0 aliphatic carbocycles. The van der Waals surface area contributed by atoms with Gasteiger partial charge in [0.25, 0.3) is 0 Å². The molecule has 5 heteroatoms. The fourth-order valence-electron chi connectivity index (χ4n) is 2.12. The van der Waals surface area contributed by atoms with Crippen LogP contribution >= 0.6 is 0 Å². The largest absolute Gasteiger partial charge is 0.508 e. The zero-order valence-corrected chi connectivity index (χ0v) is 9.40. The van der Waals surface area contributed by atoms with Gasteiger partial charge in [0.2, 0.25) is 0 Å². The standard InChI is InChI=1S/C12H14FNO3/c1-6-2-11(15)8(4-9(6)13)10-3-7(5-14-10)12(16)17/h2,4,7,10,14-15H,3,5H2,1H3,(H,16,17). The summed E-state index contributed by atoms with van der Waals surface area (Å²) in [5.41, 5.74) is 0.802. The van der Waals surface area contributed by atoms with Crippen molar-refractivity contribution in [2.45, 2.75) is 19.4 Å². The fourth-order valence-corrected chi connectivity index (χ4v) is 2.12. The first-order valence-electron chi connectivity index (χ1n) is 5.44. The zero-order chi connectivity index (χ0) is 12.6. The van der Waals surface area contributed by atoms with Crippen molar-refractivity contribution in [1.29, 1.82) is 0 Å². The van der Waals surface area contributed by atoms with Crippen molar-refractivity contribution in [2.24, 2.45) is 5.92 Å². The van der Waals surface area contributed by atoms with E-state index in [1.165, 1.54) is 12.1 Å². The first kappa shape index (κ1) is 11.9. The summed E-state index contributed by atoms with van der Waals surface area (Å²) in [7, 11) is 0. The van der Waals surface area contributed by atoms with E-state index >= 15 is 0 Å². The van der Waals surface area contributed by atoms with Crippen LogP contribution in [-0.4, -0.2) is 22.7 Å². The molecular formula is C12H14FNO3. The number of aryl methyl sites for hydroxylation is 1. The lowest BCUT2D eigenvalue weighted by molar-refractivity contribution is -0.141. The average Bonchev–Trinajstić information content (AvgIpc) is 2.72. The highest BCUT2D eigenvalue weighted by Gasteiger charge is 2.31. The molecule has 1 aromatic carbocycles. The lowest BCUT2D eigenvalue weighted by atomic mass is 9.98. The van der Waals surface area contributed by atoms with Crippen molar-refractivity contribution < 1.29 is 19.4 Å². The van der Waals surface area contributed by atoms with Gasteiger partial charge in [-0.3, -0.25) is 4.79 Å². The number of nitrogens with one attached hydrogen (secondary N) is 1. The molecule has 2 atom stereocenters. The summed E-state index contributed by atoms with van der Waals surface area (Å²) in [4.78, 5) is 10.8. The summed E-state index contributed by atoms with van der Waals surface area (Å²) in [5.74, 6) is -1.73. The number of rotatable bonds is 2. The second-order valence-corrected chi connectivity index (χ2v) is 4.39. The predicted octanol–water partition coefficient (Wildman–Crippen LogP) is 1.57. The van der Waals surface area contributed by atoms with Crippen LogP contribution < -0.4 is 5.32 Å². The summed E-state index contributed by atoms with van der Waals surface area (Å²) in [6.07, 6.45) is 0.366. The van der Waals surface area contributed by atoms with Crippen LogP contribution in [0, 0.1) is 18.7 Å². The van der Waals surface area contributed by atoms with Gasteiger partial charge in [0.05, 0.1) is 5.92 Å². The van der Waals surface area contributed by atoms with Gasteiger partial charge in [-0.2, -0.15) is 0 Å².